The van der Waals surface area contributed by atoms with E-state index in [0.717, 1.165) is 16.8 Å². The number of H-pyrrole nitrogens is 1. The van der Waals surface area contributed by atoms with E-state index in [4.69, 9.17) is 4.74 Å². The normalized spacial score (nSPS) is 10.7. The number of nitrogens with one attached hydrogen (secondary N) is 2. The number of thioether (sulfide) groups is 1. The van der Waals surface area contributed by atoms with Gasteiger partial charge in [0.25, 0.3) is 0 Å². The minimum Gasteiger partial charge on any atom is -0.497 e. The first kappa shape index (κ1) is 18.1. The molecule has 1 heterocycles. The zero-order valence-corrected chi connectivity index (χ0v) is 15.5. The number of aromatic amines is 1. The summed E-state index contributed by atoms with van der Waals surface area (Å²) in [6.45, 7) is 1.96. The van der Waals surface area contributed by atoms with Gasteiger partial charge in [-0.1, -0.05) is 17.7 Å². The van der Waals surface area contributed by atoms with Crippen molar-refractivity contribution in [3.63, 3.8) is 0 Å². The largest absolute Gasteiger partial charge is 0.497 e. The molecule has 1 amide bonds. The molecule has 2 N–H and O–H groups in total. The van der Waals surface area contributed by atoms with Gasteiger partial charge < -0.3 is 15.0 Å². The molecule has 0 saturated heterocycles. The van der Waals surface area contributed by atoms with Crippen molar-refractivity contribution in [2.75, 3.05) is 18.2 Å². The van der Waals surface area contributed by atoms with E-state index in [0.29, 0.717) is 28.3 Å². The Bertz CT molecular complexity index is 998. The van der Waals surface area contributed by atoms with Gasteiger partial charge in [0, 0.05) is 40.2 Å². The molecule has 0 saturated carbocycles. The molecule has 2 aromatic carbocycles. The number of hydrogen-bond acceptors (Lipinski definition) is 4. The van der Waals surface area contributed by atoms with Crippen molar-refractivity contribution < 1.29 is 9.53 Å². The van der Waals surface area contributed by atoms with Crippen LogP contribution in [0.25, 0.3) is 10.9 Å². The number of carbonyl (C=O) groups excluding carboxylic acids is 1. The number of amides is 1. The summed E-state index contributed by atoms with van der Waals surface area (Å²) in [5.41, 5.74) is 3.38. The second-order valence-electron chi connectivity index (χ2n) is 5.98. The van der Waals surface area contributed by atoms with Crippen LogP contribution in [0.2, 0.25) is 0 Å². The molecule has 0 atom stereocenters. The molecule has 134 valence electrons. The van der Waals surface area contributed by atoms with Gasteiger partial charge in [-0.15, -0.1) is 11.8 Å². The fourth-order valence-corrected chi connectivity index (χ4v) is 3.38. The van der Waals surface area contributed by atoms with E-state index in [-0.39, 0.29) is 11.3 Å². The molecule has 3 aromatic rings. The third kappa shape index (κ3) is 4.46. The summed E-state index contributed by atoms with van der Waals surface area (Å²) in [4.78, 5) is 27.6. The highest BCUT2D eigenvalue weighted by molar-refractivity contribution is 7.99. The van der Waals surface area contributed by atoms with Gasteiger partial charge in [0.15, 0.2) is 5.43 Å². The molecular formula is C20H20N2O3S. The number of methoxy groups -OCH3 is 1. The van der Waals surface area contributed by atoms with Gasteiger partial charge in [-0.05, 0) is 31.2 Å². The van der Waals surface area contributed by atoms with Gasteiger partial charge in [0.1, 0.15) is 5.75 Å². The molecule has 5 nitrogen and oxygen atoms in total. The molecular weight excluding hydrogens is 348 g/mol. The van der Waals surface area contributed by atoms with Crippen LogP contribution in [-0.2, 0) is 10.5 Å². The van der Waals surface area contributed by atoms with Crippen molar-refractivity contribution in [1.82, 2.24) is 4.98 Å². The predicted octanol–water partition coefficient (Wildman–Crippen LogP) is 3.72. The Morgan fingerprint density at radius 1 is 1.19 bits per heavy atom. The number of carbonyl (C=O) groups is 1. The number of pyridine rings is 1. The van der Waals surface area contributed by atoms with E-state index in [2.05, 4.69) is 10.3 Å². The number of ether oxygens (including phenoxy) is 1. The number of anilines is 1. The maximum absolute atomic E-state index is 12.2. The Kier molecular flexibility index (Phi) is 5.63. The van der Waals surface area contributed by atoms with Crippen LogP contribution in [-0.4, -0.2) is 23.8 Å². The van der Waals surface area contributed by atoms with Crippen molar-refractivity contribution in [1.29, 1.82) is 0 Å². The van der Waals surface area contributed by atoms with Crippen LogP contribution in [0.15, 0.2) is 53.3 Å². The average Bonchev–Trinajstić information content (AvgIpc) is 2.62. The highest BCUT2D eigenvalue weighted by Crippen LogP contribution is 2.18. The van der Waals surface area contributed by atoms with Crippen molar-refractivity contribution in [2.24, 2.45) is 0 Å². The van der Waals surface area contributed by atoms with Crippen LogP contribution in [0, 0.1) is 6.92 Å². The second-order valence-corrected chi connectivity index (χ2v) is 6.97. The van der Waals surface area contributed by atoms with Crippen LogP contribution in [0.5, 0.6) is 5.75 Å². The monoisotopic (exact) mass is 368 g/mol. The van der Waals surface area contributed by atoms with Gasteiger partial charge >= 0.3 is 0 Å². The van der Waals surface area contributed by atoms with Gasteiger partial charge in [-0.25, -0.2) is 0 Å². The number of aromatic nitrogens is 1. The maximum Gasteiger partial charge on any atom is 0.234 e. The van der Waals surface area contributed by atoms with Crippen LogP contribution in [0.3, 0.4) is 0 Å². The first-order valence-electron chi connectivity index (χ1n) is 8.19. The third-order valence-corrected chi connectivity index (χ3v) is 4.87. The van der Waals surface area contributed by atoms with E-state index in [1.807, 2.05) is 43.3 Å². The zero-order chi connectivity index (χ0) is 18.5. The molecule has 26 heavy (non-hydrogen) atoms. The Morgan fingerprint density at radius 3 is 2.85 bits per heavy atom. The topological polar surface area (TPSA) is 71.2 Å². The molecule has 0 spiro atoms. The summed E-state index contributed by atoms with van der Waals surface area (Å²) >= 11 is 1.45. The minimum absolute atomic E-state index is 0.00104. The standard InChI is InChI=1S/C20H20N2O3S/c1-13-6-7-18-17(8-13)19(23)10-15(21-18)11-26-12-20(24)22-14-4-3-5-16(9-14)25-2/h3-10H,11-12H2,1-2H3,(H,21,23)(H,22,24). The van der Waals surface area contributed by atoms with E-state index in [9.17, 15) is 9.59 Å². The maximum atomic E-state index is 12.2. The number of aryl methyl sites for hydroxylation is 1. The van der Waals surface area contributed by atoms with E-state index >= 15 is 0 Å². The number of benzene rings is 2. The number of rotatable bonds is 6. The van der Waals surface area contributed by atoms with E-state index in [1.165, 1.54) is 11.8 Å². The molecule has 0 fully saturated rings. The molecule has 3 rings (SSSR count). The SMILES string of the molecule is COc1cccc(NC(=O)CSCc2cc(=O)c3cc(C)ccc3[nH]2)c1. The third-order valence-electron chi connectivity index (χ3n) is 3.89. The lowest BCUT2D eigenvalue weighted by Gasteiger charge is -2.08. The smallest absolute Gasteiger partial charge is 0.234 e. The number of fused-ring (bicyclic) bond motifs is 1. The van der Waals surface area contributed by atoms with Gasteiger partial charge in [-0.3, -0.25) is 9.59 Å². The fraction of sp³-hybridized carbons (Fsp3) is 0.200. The fourth-order valence-electron chi connectivity index (χ4n) is 2.65. The highest BCUT2D eigenvalue weighted by atomic mass is 32.2. The van der Waals surface area contributed by atoms with Crippen molar-refractivity contribution in [3.05, 3.63) is 70.0 Å². The Balaban J connectivity index is 1.59. The summed E-state index contributed by atoms with van der Waals surface area (Å²) in [6.07, 6.45) is 0. The van der Waals surface area contributed by atoms with Gasteiger partial charge in [0.2, 0.25) is 5.91 Å². The van der Waals surface area contributed by atoms with Crippen LogP contribution < -0.4 is 15.5 Å². The minimum atomic E-state index is -0.0954. The van der Waals surface area contributed by atoms with Crippen LogP contribution in [0.1, 0.15) is 11.3 Å². The first-order valence-corrected chi connectivity index (χ1v) is 9.35. The summed E-state index contributed by atoms with van der Waals surface area (Å²) in [5.74, 6) is 1.46. The molecule has 0 aliphatic rings. The van der Waals surface area contributed by atoms with E-state index in [1.54, 1.807) is 19.2 Å². The van der Waals surface area contributed by atoms with Crippen molar-refractivity contribution in [2.45, 2.75) is 12.7 Å². The summed E-state index contributed by atoms with van der Waals surface area (Å²) in [7, 11) is 1.59. The van der Waals surface area contributed by atoms with E-state index < -0.39 is 0 Å². The Labute approximate surface area is 155 Å². The Hall–Kier alpha value is -2.73. The molecule has 0 unspecified atom stereocenters. The lowest BCUT2D eigenvalue weighted by Crippen LogP contribution is -2.14. The second kappa shape index (κ2) is 8.10. The van der Waals surface area contributed by atoms with Crippen molar-refractivity contribution >= 4 is 34.3 Å². The average molecular weight is 368 g/mol. The predicted molar refractivity (Wildman–Crippen MR) is 107 cm³/mol. The van der Waals surface area contributed by atoms with Crippen LogP contribution in [0.4, 0.5) is 5.69 Å². The summed E-state index contributed by atoms with van der Waals surface area (Å²) in [5, 5.41) is 3.53. The van der Waals surface area contributed by atoms with Crippen LogP contribution >= 0.6 is 11.8 Å². The Morgan fingerprint density at radius 2 is 2.04 bits per heavy atom. The number of hydrogen-bond donors (Lipinski definition) is 2. The molecule has 0 aliphatic heterocycles. The molecule has 6 heteroatoms. The summed E-state index contributed by atoms with van der Waals surface area (Å²) in [6, 6.07) is 14.6. The molecule has 0 bridgehead atoms. The quantitative estimate of drug-likeness (QED) is 0.696. The van der Waals surface area contributed by atoms with Crippen molar-refractivity contribution in [3.8, 4) is 5.75 Å². The molecule has 0 aliphatic carbocycles. The summed E-state index contributed by atoms with van der Waals surface area (Å²) < 4.78 is 5.14. The lowest BCUT2D eigenvalue weighted by molar-refractivity contribution is -0.113. The first-order chi connectivity index (χ1) is 12.5. The van der Waals surface area contributed by atoms with Gasteiger partial charge in [0.05, 0.1) is 12.9 Å². The molecule has 0 radical (unpaired) electrons. The zero-order valence-electron chi connectivity index (χ0n) is 14.7. The van der Waals surface area contributed by atoms with Gasteiger partial charge in [-0.2, -0.15) is 0 Å². The highest BCUT2D eigenvalue weighted by Gasteiger charge is 2.06. The molecule has 1 aromatic heterocycles. The lowest BCUT2D eigenvalue weighted by atomic mass is 10.1.